The lowest BCUT2D eigenvalue weighted by atomic mass is 9.68. The van der Waals surface area contributed by atoms with Crippen LogP contribution in [0.5, 0.6) is 0 Å². The monoisotopic (exact) mass is 945 g/mol. The maximum absolute atomic E-state index is 14.0. The summed E-state index contributed by atoms with van der Waals surface area (Å²) in [5.41, 5.74) is 7.29. The summed E-state index contributed by atoms with van der Waals surface area (Å²) in [5, 5.41) is 0. The molecule has 0 spiro atoms. The molecule has 8 aromatic rings. The molecule has 0 saturated carbocycles. The van der Waals surface area contributed by atoms with Gasteiger partial charge in [0.25, 0.3) is 0 Å². The van der Waals surface area contributed by atoms with Crippen LogP contribution in [0.1, 0.15) is 79.4 Å². The minimum atomic E-state index is -3.65. The summed E-state index contributed by atoms with van der Waals surface area (Å²) in [6.07, 6.45) is 0.0313. The van der Waals surface area contributed by atoms with Crippen molar-refractivity contribution >= 4 is 24.6 Å². The number of benzene rings is 6. The molecule has 0 aliphatic carbocycles. The summed E-state index contributed by atoms with van der Waals surface area (Å²) >= 11 is 0. The molecule has 2 aromatic heterocycles. The number of imidazole rings is 1. The number of nitrogens with one attached hydrogen (secondary N) is 1. The fraction of sp³-hybridized carbons (Fsp3) is 0.268. The fourth-order valence-corrected chi connectivity index (χ4v) is 11.0. The van der Waals surface area contributed by atoms with Crippen LogP contribution in [0.15, 0.2) is 188 Å². The van der Waals surface area contributed by atoms with Gasteiger partial charge in [-0.2, -0.15) is 0 Å². The predicted octanol–water partition coefficient (Wildman–Crippen LogP) is 12.1. The van der Waals surface area contributed by atoms with E-state index in [2.05, 4.69) is 78.3 Å². The molecule has 2 unspecified atom stereocenters. The van der Waals surface area contributed by atoms with Crippen LogP contribution < -0.4 is 5.48 Å². The second-order valence-corrected chi connectivity index (χ2v) is 19.1. The minimum Gasteiger partial charge on any atom is -0.369 e. The van der Waals surface area contributed by atoms with E-state index >= 15 is 0 Å². The number of methoxy groups -OCH3 is 1. The SMILES string of the molecule is CONc1nc(C(c2ccccc2)(c2ccccc2)c2ccccc2)nc2c1ncn2C(CCOCP(=O)(OC(C)C)OC(C)C)C(OC)OC(c1ccccc1)(c1ccccc1)c1ccccc1. The van der Waals surface area contributed by atoms with Crippen LogP contribution in [0.25, 0.3) is 11.2 Å². The van der Waals surface area contributed by atoms with Crippen LogP contribution in [0.2, 0.25) is 0 Å². The molecule has 0 radical (unpaired) electrons. The molecule has 0 amide bonds. The summed E-state index contributed by atoms with van der Waals surface area (Å²) in [6, 6.07) is 60.5. The number of hydrogen-bond acceptors (Lipinski definition) is 11. The van der Waals surface area contributed by atoms with Gasteiger partial charge in [0.1, 0.15) is 17.4 Å². The summed E-state index contributed by atoms with van der Waals surface area (Å²) in [7, 11) is -0.475. The first-order valence-corrected chi connectivity index (χ1v) is 25.0. The topological polar surface area (TPSA) is 128 Å². The Kier molecular flexibility index (Phi) is 15.9. The average molecular weight is 946 g/mol. The third-order valence-electron chi connectivity index (χ3n) is 11.9. The van der Waals surface area contributed by atoms with Gasteiger partial charge in [0.05, 0.1) is 31.7 Å². The molecule has 1 N–H and O–H groups in total. The minimum absolute atomic E-state index is 0.0958. The van der Waals surface area contributed by atoms with Gasteiger partial charge in [-0.1, -0.05) is 182 Å². The third kappa shape index (κ3) is 10.5. The second kappa shape index (κ2) is 22.4. The number of nitrogens with zero attached hydrogens (tertiary/aromatic N) is 4. The largest absolute Gasteiger partial charge is 0.369 e. The van der Waals surface area contributed by atoms with E-state index in [1.807, 2.05) is 141 Å². The summed E-state index contributed by atoms with van der Waals surface area (Å²) < 4.78 is 48.3. The van der Waals surface area contributed by atoms with Crippen molar-refractivity contribution in [1.29, 1.82) is 0 Å². The molecule has 2 heterocycles. The maximum Gasteiger partial charge on any atom is 0.356 e. The summed E-state index contributed by atoms with van der Waals surface area (Å²) in [4.78, 5) is 21.5. The molecule has 6 aromatic carbocycles. The Morgan fingerprint density at radius 2 is 1.01 bits per heavy atom. The van der Waals surface area contributed by atoms with Crippen LogP contribution in [-0.4, -0.2) is 65.2 Å². The highest BCUT2D eigenvalue weighted by Crippen LogP contribution is 2.51. The van der Waals surface area contributed by atoms with Gasteiger partial charge in [-0.25, -0.2) is 20.4 Å². The van der Waals surface area contributed by atoms with E-state index in [0.29, 0.717) is 22.8 Å². The summed E-state index contributed by atoms with van der Waals surface area (Å²) in [6.45, 7) is 7.38. The van der Waals surface area contributed by atoms with Gasteiger partial charge >= 0.3 is 7.60 Å². The highest BCUT2D eigenvalue weighted by atomic mass is 31.2. The molecule has 2 atom stereocenters. The zero-order valence-corrected chi connectivity index (χ0v) is 40.8. The van der Waals surface area contributed by atoms with E-state index in [1.54, 1.807) is 20.5 Å². The van der Waals surface area contributed by atoms with Crippen molar-refractivity contribution in [3.05, 3.63) is 228 Å². The molecule has 8 rings (SSSR count). The highest BCUT2D eigenvalue weighted by molar-refractivity contribution is 7.53. The van der Waals surface area contributed by atoms with Crippen molar-refractivity contribution in [1.82, 2.24) is 19.5 Å². The zero-order valence-electron chi connectivity index (χ0n) is 39.9. The summed E-state index contributed by atoms with van der Waals surface area (Å²) in [5.74, 6) is 0.827. The fourth-order valence-electron chi connectivity index (χ4n) is 9.14. The Hall–Kier alpha value is -6.34. The smallest absolute Gasteiger partial charge is 0.356 e. The Balaban J connectivity index is 1.35. The Morgan fingerprint density at radius 3 is 1.41 bits per heavy atom. The normalized spacial score (nSPS) is 13.2. The highest BCUT2D eigenvalue weighted by Gasteiger charge is 2.45. The third-order valence-corrected chi connectivity index (χ3v) is 13.8. The lowest BCUT2D eigenvalue weighted by molar-refractivity contribution is -0.200. The Morgan fingerprint density at radius 1 is 0.594 bits per heavy atom. The molecule has 13 heteroatoms. The van der Waals surface area contributed by atoms with Crippen LogP contribution in [-0.2, 0) is 43.7 Å². The van der Waals surface area contributed by atoms with Gasteiger partial charge in [0, 0.05) is 13.7 Å². The second-order valence-electron chi connectivity index (χ2n) is 17.2. The first kappa shape index (κ1) is 49.1. The van der Waals surface area contributed by atoms with Crippen molar-refractivity contribution < 1.29 is 32.7 Å². The molecule has 0 bridgehead atoms. The first-order valence-electron chi connectivity index (χ1n) is 23.2. The van der Waals surface area contributed by atoms with Gasteiger partial charge in [-0.05, 0) is 67.5 Å². The van der Waals surface area contributed by atoms with Crippen LogP contribution >= 0.6 is 7.60 Å². The predicted molar refractivity (Wildman–Crippen MR) is 270 cm³/mol. The molecule has 0 saturated heterocycles. The van der Waals surface area contributed by atoms with Crippen molar-refractivity contribution in [3.8, 4) is 0 Å². The van der Waals surface area contributed by atoms with Crippen molar-refractivity contribution in [2.75, 3.05) is 32.7 Å². The van der Waals surface area contributed by atoms with Gasteiger partial charge in [0.15, 0.2) is 29.1 Å². The molecule has 69 heavy (non-hydrogen) atoms. The zero-order chi connectivity index (χ0) is 48.3. The first-order chi connectivity index (χ1) is 33.6. The Labute approximate surface area is 405 Å². The maximum atomic E-state index is 14.0. The molecule has 12 nitrogen and oxygen atoms in total. The van der Waals surface area contributed by atoms with E-state index in [9.17, 15) is 4.57 Å². The van der Waals surface area contributed by atoms with Gasteiger partial charge in [-0.3, -0.25) is 9.40 Å². The van der Waals surface area contributed by atoms with E-state index in [0.717, 1.165) is 33.4 Å². The van der Waals surface area contributed by atoms with Gasteiger partial charge in [-0.15, -0.1) is 0 Å². The average Bonchev–Trinajstić information content (AvgIpc) is 3.80. The molecular weight excluding hydrogens is 886 g/mol. The lowest BCUT2D eigenvalue weighted by Crippen LogP contribution is -2.41. The van der Waals surface area contributed by atoms with E-state index in [4.69, 9.17) is 43.0 Å². The molecule has 0 aliphatic rings. The number of hydrogen-bond donors (Lipinski definition) is 1. The number of anilines is 1. The number of ether oxygens (including phenoxy) is 3. The lowest BCUT2D eigenvalue weighted by Gasteiger charge is -2.40. The molecule has 356 valence electrons. The van der Waals surface area contributed by atoms with Gasteiger partial charge in [0.2, 0.25) is 0 Å². The standard InChI is InChI=1S/C56H60N5O7P/c1-41(2)67-69(62,68-42(3)4)40-65-38-37-49(53(63-5)66-56(46-31-19-10-20-32-46,47-33-21-11-22-34-47)48-35-23-12-24-36-48)61-39-57-50-51(60-64-6)58-54(59-52(50)61)55(43-25-13-7-14-26-43,44-27-15-8-16-28-44)45-29-17-9-18-30-45/h7-36,39,41-42,49,53H,37-38,40H2,1-6H3,(H,58,59,60). The molecular formula is C56H60N5O7P. The number of aromatic nitrogens is 4. The quantitative estimate of drug-likeness (QED) is 0.0216. The molecule has 0 aliphatic heterocycles. The Bertz CT molecular complexity index is 2670. The van der Waals surface area contributed by atoms with Crippen molar-refractivity contribution in [2.24, 2.45) is 0 Å². The van der Waals surface area contributed by atoms with E-state index in [-0.39, 0.29) is 31.6 Å². The van der Waals surface area contributed by atoms with Crippen molar-refractivity contribution in [3.63, 3.8) is 0 Å². The van der Waals surface area contributed by atoms with Crippen LogP contribution in [0.4, 0.5) is 5.82 Å². The number of rotatable bonds is 23. The number of fused-ring (bicyclic) bond motifs is 1. The van der Waals surface area contributed by atoms with Gasteiger partial charge < -0.3 is 27.8 Å². The van der Waals surface area contributed by atoms with Crippen LogP contribution in [0.3, 0.4) is 0 Å². The molecule has 0 fully saturated rings. The van der Waals surface area contributed by atoms with E-state index in [1.165, 1.54) is 0 Å². The van der Waals surface area contributed by atoms with E-state index < -0.39 is 30.9 Å². The van der Waals surface area contributed by atoms with Crippen molar-refractivity contribution in [2.45, 2.75) is 69.7 Å². The van der Waals surface area contributed by atoms with Crippen LogP contribution in [0, 0.1) is 0 Å².